The highest BCUT2D eigenvalue weighted by molar-refractivity contribution is 5.94. The molecule has 7 nitrogen and oxygen atoms in total. The van der Waals surface area contributed by atoms with Crippen LogP contribution in [0.4, 0.5) is 30.5 Å². The normalized spacial score (nSPS) is 22.5. The van der Waals surface area contributed by atoms with Gasteiger partial charge in [-0.1, -0.05) is 12.6 Å². The van der Waals surface area contributed by atoms with Crippen molar-refractivity contribution in [1.82, 2.24) is 15.3 Å². The number of hydrogen-bond acceptors (Lipinski definition) is 6. The fourth-order valence-electron chi connectivity index (χ4n) is 4.77. The Morgan fingerprint density at radius 2 is 2.06 bits per heavy atom. The summed E-state index contributed by atoms with van der Waals surface area (Å²) in [4.78, 5) is 25.7. The average Bonchev–Trinajstić information content (AvgIpc) is 3.54. The molecule has 1 saturated heterocycles. The number of alkyl halides is 3. The van der Waals surface area contributed by atoms with Crippen LogP contribution in [0.3, 0.4) is 0 Å². The van der Waals surface area contributed by atoms with Crippen LogP contribution in [0.2, 0.25) is 0 Å². The van der Waals surface area contributed by atoms with E-state index in [2.05, 4.69) is 39.0 Å². The van der Waals surface area contributed by atoms with Crippen LogP contribution in [0.5, 0.6) is 0 Å². The molecule has 0 aromatic carbocycles. The largest absolute Gasteiger partial charge is 0.408 e. The van der Waals surface area contributed by atoms with Gasteiger partial charge < -0.3 is 20.4 Å². The molecule has 2 N–H and O–H groups in total. The van der Waals surface area contributed by atoms with Crippen molar-refractivity contribution in [1.29, 1.82) is 0 Å². The number of nitrogens with zero attached hydrogens (tertiary/aromatic N) is 4. The quantitative estimate of drug-likeness (QED) is 0.684. The van der Waals surface area contributed by atoms with Crippen molar-refractivity contribution in [2.24, 2.45) is 5.92 Å². The third-order valence-corrected chi connectivity index (χ3v) is 6.57. The molecule has 0 spiro atoms. The Hall–Kier alpha value is -3.30. The third-order valence-electron chi connectivity index (χ3n) is 6.57. The molecule has 2 fully saturated rings. The zero-order chi connectivity index (χ0) is 23.4. The highest BCUT2D eigenvalue weighted by Crippen LogP contribution is 2.46. The first-order valence-electron chi connectivity index (χ1n) is 11.0. The van der Waals surface area contributed by atoms with Crippen molar-refractivity contribution in [2.75, 3.05) is 28.2 Å². The number of halogens is 3. The number of carbonyl (C=O) groups is 1. The van der Waals surface area contributed by atoms with Gasteiger partial charge in [-0.25, -0.2) is 9.97 Å². The van der Waals surface area contributed by atoms with Gasteiger partial charge >= 0.3 is 6.18 Å². The van der Waals surface area contributed by atoms with E-state index in [1.807, 2.05) is 23.1 Å². The van der Waals surface area contributed by atoms with Crippen molar-refractivity contribution in [3.05, 3.63) is 54.6 Å². The lowest BCUT2D eigenvalue weighted by Crippen LogP contribution is -2.53. The minimum Gasteiger partial charge on any atom is -0.366 e. The molecule has 3 aliphatic rings. The first-order chi connectivity index (χ1) is 15.7. The summed E-state index contributed by atoms with van der Waals surface area (Å²) in [6.45, 7) is 7.83. The Morgan fingerprint density at radius 3 is 2.73 bits per heavy atom. The van der Waals surface area contributed by atoms with E-state index >= 15 is 0 Å². The standard InChI is InChI=1S/C23H25F3N6O/c1-14(28-18-5-3-4-11-27-18)32-20-17(31-12-10-22(32,2)13-31)9-8-16(29-20)21(33)30-19(15-6-7-15)23(24,25)26/h3-5,8-9,11,15,19H,1,6-7,10,12-13H2,2H3,(H,27,28)(H,30,33)/t19-,22+/m1/s1. The maximum Gasteiger partial charge on any atom is 0.408 e. The highest BCUT2D eigenvalue weighted by Gasteiger charge is 2.50. The van der Waals surface area contributed by atoms with E-state index in [9.17, 15) is 18.0 Å². The summed E-state index contributed by atoms with van der Waals surface area (Å²) in [6.07, 6.45) is -1.07. The predicted octanol–water partition coefficient (Wildman–Crippen LogP) is 3.92. The zero-order valence-corrected chi connectivity index (χ0v) is 18.2. The molecule has 0 radical (unpaired) electrons. The molecule has 10 heteroatoms. The van der Waals surface area contributed by atoms with E-state index in [4.69, 9.17) is 0 Å². The molecule has 4 heterocycles. The number of fused-ring (bicyclic) bond motifs is 4. The molecule has 1 saturated carbocycles. The van der Waals surface area contributed by atoms with E-state index in [-0.39, 0.29) is 11.2 Å². The van der Waals surface area contributed by atoms with Crippen molar-refractivity contribution >= 4 is 23.2 Å². The summed E-state index contributed by atoms with van der Waals surface area (Å²) < 4.78 is 40.3. The number of rotatable bonds is 6. The minimum absolute atomic E-state index is 0.0506. The molecule has 2 aromatic rings. The molecule has 2 aromatic heterocycles. The summed E-state index contributed by atoms with van der Waals surface area (Å²) in [5, 5.41) is 5.36. The number of carbonyl (C=O) groups excluding carboxylic acids is 1. The maximum absolute atomic E-state index is 13.4. The Morgan fingerprint density at radius 1 is 1.27 bits per heavy atom. The second-order valence-corrected chi connectivity index (χ2v) is 9.16. The fraction of sp³-hybridized carbons (Fsp3) is 0.435. The van der Waals surface area contributed by atoms with Crippen molar-refractivity contribution in [3.63, 3.8) is 0 Å². The van der Waals surface area contributed by atoms with E-state index in [1.165, 1.54) is 6.07 Å². The summed E-state index contributed by atoms with van der Waals surface area (Å²) >= 11 is 0. The molecule has 174 valence electrons. The molecule has 2 atom stereocenters. The van der Waals surface area contributed by atoms with Gasteiger partial charge in [0.1, 0.15) is 23.4 Å². The van der Waals surface area contributed by atoms with Gasteiger partial charge in [0, 0.05) is 19.3 Å². The van der Waals surface area contributed by atoms with Crippen LogP contribution in [0.15, 0.2) is 48.9 Å². The molecule has 1 aliphatic carbocycles. The molecule has 1 amide bonds. The van der Waals surface area contributed by atoms with Gasteiger partial charge in [-0.15, -0.1) is 0 Å². The van der Waals surface area contributed by atoms with Crippen LogP contribution >= 0.6 is 0 Å². The van der Waals surface area contributed by atoms with Gasteiger partial charge in [-0.2, -0.15) is 13.2 Å². The summed E-state index contributed by atoms with van der Waals surface area (Å²) in [5.41, 5.74) is 0.432. The first kappa shape index (κ1) is 21.5. The predicted molar refractivity (Wildman–Crippen MR) is 119 cm³/mol. The first-order valence-corrected chi connectivity index (χ1v) is 11.0. The van der Waals surface area contributed by atoms with Crippen LogP contribution in [0.1, 0.15) is 36.7 Å². The van der Waals surface area contributed by atoms with E-state index in [0.717, 1.165) is 25.2 Å². The van der Waals surface area contributed by atoms with Gasteiger partial charge in [0.25, 0.3) is 5.91 Å². The molecule has 5 rings (SSSR count). The van der Waals surface area contributed by atoms with Gasteiger partial charge in [-0.05, 0) is 56.4 Å². The SMILES string of the molecule is C=C(Nc1ccccn1)N1c2nc(C(=O)N[C@H](C3CC3)C(F)(F)F)ccc2N2CC[C@@]1(C)C2. The lowest BCUT2D eigenvalue weighted by atomic mass is 9.97. The van der Waals surface area contributed by atoms with Crippen molar-refractivity contribution < 1.29 is 18.0 Å². The zero-order valence-electron chi connectivity index (χ0n) is 18.2. The number of aromatic nitrogens is 2. The lowest BCUT2D eigenvalue weighted by molar-refractivity contribution is -0.158. The Kier molecular flexibility index (Phi) is 4.98. The third kappa shape index (κ3) is 3.98. The van der Waals surface area contributed by atoms with Gasteiger partial charge in [-0.3, -0.25) is 4.79 Å². The van der Waals surface area contributed by atoms with Crippen LogP contribution < -0.4 is 20.4 Å². The maximum atomic E-state index is 13.4. The Labute approximate surface area is 189 Å². The fourth-order valence-corrected chi connectivity index (χ4v) is 4.77. The second kappa shape index (κ2) is 7.64. The second-order valence-electron chi connectivity index (χ2n) is 9.16. The molecule has 2 aliphatic heterocycles. The van der Waals surface area contributed by atoms with Crippen LogP contribution in [0, 0.1) is 5.92 Å². The molecule has 0 unspecified atom stereocenters. The monoisotopic (exact) mass is 458 g/mol. The van der Waals surface area contributed by atoms with Crippen LogP contribution in [-0.2, 0) is 0 Å². The van der Waals surface area contributed by atoms with Gasteiger partial charge in [0.05, 0.1) is 11.2 Å². The van der Waals surface area contributed by atoms with Crippen molar-refractivity contribution in [3.8, 4) is 0 Å². The molecule has 2 bridgehead atoms. The number of hydrogen-bond donors (Lipinski definition) is 2. The smallest absolute Gasteiger partial charge is 0.366 e. The molecule has 33 heavy (non-hydrogen) atoms. The Balaban J connectivity index is 1.46. The van der Waals surface area contributed by atoms with E-state index in [1.54, 1.807) is 12.3 Å². The van der Waals surface area contributed by atoms with Crippen LogP contribution in [-0.4, -0.2) is 46.7 Å². The van der Waals surface area contributed by atoms with Gasteiger partial charge in [0.2, 0.25) is 0 Å². The van der Waals surface area contributed by atoms with E-state index < -0.39 is 24.0 Å². The van der Waals surface area contributed by atoms with Crippen molar-refractivity contribution in [2.45, 2.75) is 43.9 Å². The minimum atomic E-state index is -4.49. The van der Waals surface area contributed by atoms with E-state index in [0.29, 0.717) is 30.3 Å². The highest BCUT2D eigenvalue weighted by atomic mass is 19.4. The molecular formula is C23H25F3N6O. The molecular weight excluding hydrogens is 433 g/mol. The number of pyridine rings is 2. The number of anilines is 3. The lowest BCUT2D eigenvalue weighted by Gasteiger charge is -2.45. The average molecular weight is 458 g/mol. The topological polar surface area (TPSA) is 73.4 Å². The summed E-state index contributed by atoms with van der Waals surface area (Å²) in [7, 11) is 0. The van der Waals surface area contributed by atoms with Gasteiger partial charge in [0.15, 0.2) is 5.82 Å². The number of nitrogens with one attached hydrogen (secondary N) is 2. The summed E-state index contributed by atoms with van der Waals surface area (Å²) in [6, 6.07) is 6.86. The summed E-state index contributed by atoms with van der Waals surface area (Å²) in [5.74, 6) is 0.256. The van der Waals surface area contributed by atoms with Crippen LogP contribution in [0.25, 0.3) is 0 Å². The Bertz CT molecular complexity index is 1090. The number of amides is 1.